The number of hydrogen-bond donors (Lipinski definition) is 1. The van der Waals surface area contributed by atoms with Crippen molar-refractivity contribution < 1.29 is 14.3 Å². The van der Waals surface area contributed by atoms with E-state index in [0.717, 1.165) is 11.1 Å². The molecular weight excluding hydrogens is 415 g/mol. The fraction of sp³-hybridized carbons (Fsp3) is 0.240. The predicted octanol–water partition coefficient (Wildman–Crippen LogP) is 5.21. The van der Waals surface area contributed by atoms with E-state index in [9.17, 15) is 9.50 Å². The van der Waals surface area contributed by atoms with Gasteiger partial charge >= 0.3 is 0 Å². The van der Waals surface area contributed by atoms with Crippen LogP contribution in [0, 0.1) is 5.82 Å². The van der Waals surface area contributed by atoms with Gasteiger partial charge in [0.2, 0.25) is 0 Å². The number of rotatable bonds is 8. The van der Waals surface area contributed by atoms with Gasteiger partial charge in [-0.25, -0.2) is 4.39 Å². The lowest BCUT2D eigenvalue weighted by Gasteiger charge is -2.27. The zero-order valence-corrected chi connectivity index (χ0v) is 17.8. The molecule has 4 nitrogen and oxygen atoms in total. The number of halogens is 2. The maximum Gasteiger partial charge on any atom is 0.145 e. The summed E-state index contributed by atoms with van der Waals surface area (Å²) in [6.07, 6.45) is -0.362. The summed E-state index contributed by atoms with van der Waals surface area (Å²) in [4.78, 5) is 7.74. The number of oxime groups is 1. The second-order valence-corrected chi connectivity index (χ2v) is 8.14. The molecule has 0 spiro atoms. The lowest BCUT2D eigenvalue weighted by Crippen LogP contribution is -2.35. The normalized spacial score (nSPS) is 16.8. The van der Waals surface area contributed by atoms with Crippen LogP contribution in [-0.4, -0.2) is 34.9 Å². The van der Waals surface area contributed by atoms with Crippen molar-refractivity contribution in [2.45, 2.75) is 25.2 Å². The zero-order chi connectivity index (χ0) is 21.6. The van der Waals surface area contributed by atoms with Gasteiger partial charge in [0, 0.05) is 36.6 Å². The maximum absolute atomic E-state index is 14.1. The average molecular weight is 439 g/mol. The molecular formula is C25H24ClFN2O2. The molecule has 3 aromatic rings. The lowest BCUT2D eigenvalue weighted by molar-refractivity contribution is 0.0318. The number of benzene rings is 3. The molecule has 0 saturated heterocycles. The van der Waals surface area contributed by atoms with Crippen LogP contribution in [0.15, 0.2) is 84.0 Å². The summed E-state index contributed by atoms with van der Waals surface area (Å²) in [5.41, 5.74) is 2.97. The van der Waals surface area contributed by atoms with E-state index in [0.29, 0.717) is 42.4 Å². The van der Waals surface area contributed by atoms with Gasteiger partial charge in [-0.05, 0) is 29.3 Å². The summed E-state index contributed by atoms with van der Waals surface area (Å²) in [5.74, 6) is -0.305. The minimum Gasteiger partial charge on any atom is -0.390 e. The van der Waals surface area contributed by atoms with Crippen molar-refractivity contribution in [1.29, 1.82) is 0 Å². The van der Waals surface area contributed by atoms with E-state index in [1.165, 1.54) is 6.07 Å². The van der Waals surface area contributed by atoms with Crippen LogP contribution in [0.2, 0.25) is 5.02 Å². The number of aliphatic hydroxyl groups excluding tert-OH is 1. The van der Waals surface area contributed by atoms with Crippen LogP contribution < -0.4 is 0 Å². The van der Waals surface area contributed by atoms with Gasteiger partial charge in [-0.2, -0.15) is 0 Å². The molecule has 0 amide bonds. The molecule has 0 unspecified atom stereocenters. The molecule has 0 radical (unpaired) electrons. The summed E-state index contributed by atoms with van der Waals surface area (Å²) >= 11 is 6.16. The molecule has 31 heavy (non-hydrogen) atoms. The van der Waals surface area contributed by atoms with Crippen molar-refractivity contribution in [3.05, 3.63) is 106 Å². The molecule has 0 saturated carbocycles. The summed E-state index contributed by atoms with van der Waals surface area (Å²) in [7, 11) is 0. The Balaban J connectivity index is 1.46. The Hall–Kier alpha value is -2.73. The van der Waals surface area contributed by atoms with Crippen molar-refractivity contribution in [2.75, 3.05) is 13.1 Å². The molecule has 1 N–H and O–H groups in total. The SMILES string of the molecule is O[C@@H](CN(Cc1cccc(Cl)c1)C[C@@H]1CC(c2ccccc2F)=NO1)c1ccccc1. The van der Waals surface area contributed by atoms with Gasteiger partial charge < -0.3 is 9.94 Å². The Kier molecular flexibility index (Phi) is 6.97. The molecule has 1 aliphatic rings. The molecule has 0 aliphatic carbocycles. The monoisotopic (exact) mass is 438 g/mol. The van der Waals surface area contributed by atoms with Gasteiger partial charge in [0.05, 0.1) is 11.8 Å². The van der Waals surface area contributed by atoms with Gasteiger partial charge in [0.1, 0.15) is 11.9 Å². The van der Waals surface area contributed by atoms with Crippen molar-refractivity contribution in [2.24, 2.45) is 5.16 Å². The van der Waals surface area contributed by atoms with Gasteiger partial charge in [-0.15, -0.1) is 0 Å². The number of aliphatic hydroxyl groups is 1. The molecule has 6 heteroatoms. The molecule has 1 aliphatic heterocycles. The number of nitrogens with zero attached hydrogens (tertiary/aromatic N) is 2. The van der Waals surface area contributed by atoms with Crippen LogP contribution in [0.3, 0.4) is 0 Å². The third-order valence-corrected chi connectivity index (χ3v) is 5.53. The Morgan fingerprint density at radius 2 is 1.84 bits per heavy atom. The molecule has 0 bridgehead atoms. The van der Waals surface area contributed by atoms with Crippen LogP contribution >= 0.6 is 11.6 Å². The Morgan fingerprint density at radius 3 is 2.61 bits per heavy atom. The largest absolute Gasteiger partial charge is 0.390 e. The van der Waals surface area contributed by atoms with Gasteiger partial charge in [0.25, 0.3) is 0 Å². The number of hydrogen-bond acceptors (Lipinski definition) is 4. The first-order valence-electron chi connectivity index (χ1n) is 10.3. The minimum absolute atomic E-state index is 0.225. The standard InChI is InChI=1S/C25H24ClFN2O2/c26-20-10-6-7-18(13-20)15-29(17-25(30)19-8-2-1-3-9-19)16-21-14-24(28-31-21)22-11-4-5-12-23(22)27/h1-13,21,25,30H,14-17H2/t21-,25-/m0/s1. The highest BCUT2D eigenvalue weighted by Gasteiger charge is 2.27. The smallest absolute Gasteiger partial charge is 0.145 e. The molecule has 4 rings (SSSR count). The molecule has 3 aromatic carbocycles. The highest BCUT2D eigenvalue weighted by atomic mass is 35.5. The highest BCUT2D eigenvalue weighted by Crippen LogP contribution is 2.23. The first-order valence-corrected chi connectivity index (χ1v) is 10.6. The first kappa shape index (κ1) is 21.5. The maximum atomic E-state index is 14.1. The van der Waals surface area contributed by atoms with E-state index in [2.05, 4.69) is 10.1 Å². The fourth-order valence-electron chi connectivity index (χ4n) is 3.79. The molecule has 1 heterocycles. The van der Waals surface area contributed by atoms with Crippen LogP contribution in [0.4, 0.5) is 4.39 Å². The van der Waals surface area contributed by atoms with E-state index < -0.39 is 6.10 Å². The van der Waals surface area contributed by atoms with Crippen LogP contribution in [0.25, 0.3) is 0 Å². The second-order valence-electron chi connectivity index (χ2n) is 7.70. The van der Waals surface area contributed by atoms with Gasteiger partial charge in [-0.1, -0.05) is 77.4 Å². The summed E-state index contributed by atoms with van der Waals surface area (Å²) < 4.78 is 14.1. The Labute approximate surface area is 186 Å². The quantitative estimate of drug-likeness (QED) is 0.525. The van der Waals surface area contributed by atoms with Crippen molar-refractivity contribution >= 4 is 17.3 Å². The Morgan fingerprint density at radius 1 is 1.06 bits per heavy atom. The van der Waals surface area contributed by atoms with Crippen molar-refractivity contribution in [3.63, 3.8) is 0 Å². The van der Waals surface area contributed by atoms with Crippen LogP contribution in [0.1, 0.15) is 29.2 Å². The second kappa shape index (κ2) is 10.1. The zero-order valence-electron chi connectivity index (χ0n) is 17.0. The molecule has 160 valence electrons. The lowest BCUT2D eigenvalue weighted by atomic mass is 10.0. The minimum atomic E-state index is -0.645. The fourth-order valence-corrected chi connectivity index (χ4v) is 4.00. The summed E-state index contributed by atoms with van der Waals surface area (Å²) in [6.45, 7) is 1.56. The Bertz CT molecular complexity index is 1040. The summed E-state index contributed by atoms with van der Waals surface area (Å²) in [5, 5.41) is 15.6. The molecule has 2 atom stereocenters. The average Bonchev–Trinajstić information content (AvgIpc) is 3.23. The van der Waals surface area contributed by atoms with E-state index in [1.54, 1.807) is 18.2 Å². The van der Waals surface area contributed by atoms with E-state index >= 15 is 0 Å². The van der Waals surface area contributed by atoms with Crippen molar-refractivity contribution in [3.8, 4) is 0 Å². The van der Waals surface area contributed by atoms with Gasteiger partial charge in [-0.3, -0.25) is 4.90 Å². The first-order chi connectivity index (χ1) is 15.1. The van der Waals surface area contributed by atoms with Crippen molar-refractivity contribution in [1.82, 2.24) is 4.90 Å². The van der Waals surface area contributed by atoms with E-state index in [4.69, 9.17) is 16.4 Å². The third-order valence-electron chi connectivity index (χ3n) is 5.29. The summed E-state index contributed by atoms with van der Waals surface area (Å²) in [6, 6.07) is 23.8. The molecule has 0 fully saturated rings. The van der Waals surface area contributed by atoms with E-state index in [-0.39, 0.29) is 11.9 Å². The third kappa shape index (κ3) is 5.70. The highest BCUT2D eigenvalue weighted by molar-refractivity contribution is 6.30. The van der Waals surface area contributed by atoms with E-state index in [1.807, 2.05) is 54.6 Å². The van der Waals surface area contributed by atoms with Crippen LogP contribution in [-0.2, 0) is 11.4 Å². The van der Waals surface area contributed by atoms with Crippen LogP contribution in [0.5, 0.6) is 0 Å². The molecule has 0 aromatic heterocycles. The predicted molar refractivity (Wildman–Crippen MR) is 121 cm³/mol. The van der Waals surface area contributed by atoms with Gasteiger partial charge in [0.15, 0.2) is 0 Å². The topological polar surface area (TPSA) is 45.1 Å².